The molecule has 1 aromatic rings. The Morgan fingerprint density at radius 1 is 1.20 bits per heavy atom. The fourth-order valence-electron chi connectivity index (χ4n) is 2.87. The van der Waals surface area contributed by atoms with Gasteiger partial charge < -0.3 is 11.1 Å². The highest BCUT2D eigenvalue weighted by Gasteiger charge is 2.65. The monoisotopic (exact) mass is 290 g/mol. The van der Waals surface area contributed by atoms with Crippen LogP contribution >= 0.6 is 12.2 Å². The van der Waals surface area contributed by atoms with Gasteiger partial charge in [0.1, 0.15) is 5.92 Å². The molecule has 1 fully saturated rings. The van der Waals surface area contributed by atoms with Crippen LogP contribution in [0.25, 0.3) is 0 Å². The SMILES string of the molecule is CC1(C)C(NC(=O)C(C(N)=S)c2ccccc2)C1(C)C. The van der Waals surface area contributed by atoms with Crippen molar-refractivity contribution in [3.63, 3.8) is 0 Å². The number of nitrogens with one attached hydrogen (secondary N) is 1. The molecule has 0 bridgehead atoms. The number of rotatable bonds is 4. The van der Waals surface area contributed by atoms with E-state index in [-0.39, 0.29) is 27.8 Å². The average Bonchev–Trinajstić information content (AvgIpc) is 2.73. The van der Waals surface area contributed by atoms with Crippen LogP contribution in [0.3, 0.4) is 0 Å². The van der Waals surface area contributed by atoms with Crippen molar-refractivity contribution in [1.29, 1.82) is 0 Å². The second kappa shape index (κ2) is 4.85. The predicted molar refractivity (Wildman–Crippen MR) is 85.5 cm³/mol. The normalized spacial score (nSPS) is 21.0. The molecular weight excluding hydrogens is 268 g/mol. The fourth-order valence-corrected chi connectivity index (χ4v) is 3.12. The van der Waals surface area contributed by atoms with E-state index in [1.807, 2.05) is 30.3 Å². The Hall–Kier alpha value is -1.42. The summed E-state index contributed by atoms with van der Waals surface area (Å²) in [6.07, 6.45) is 0. The third kappa shape index (κ3) is 2.33. The van der Waals surface area contributed by atoms with Crippen molar-refractivity contribution in [2.45, 2.75) is 39.7 Å². The van der Waals surface area contributed by atoms with Crippen LogP contribution in [0, 0.1) is 10.8 Å². The van der Waals surface area contributed by atoms with Gasteiger partial charge in [-0.25, -0.2) is 0 Å². The summed E-state index contributed by atoms with van der Waals surface area (Å²) in [7, 11) is 0. The Balaban J connectivity index is 2.17. The van der Waals surface area contributed by atoms with Gasteiger partial charge in [0.25, 0.3) is 0 Å². The van der Waals surface area contributed by atoms with E-state index in [9.17, 15) is 4.79 Å². The molecule has 1 aliphatic rings. The van der Waals surface area contributed by atoms with Crippen molar-refractivity contribution in [2.24, 2.45) is 16.6 Å². The lowest BCUT2D eigenvalue weighted by molar-refractivity contribution is -0.121. The summed E-state index contributed by atoms with van der Waals surface area (Å²) in [6, 6.07) is 9.60. The molecule has 1 unspecified atom stereocenters. The van der Waals surface area contributed by atoms with Crippen LogP contribution in [0.2, 0.25) is 0 Å². The van der Waals surface area contributed by atoms with Crippen LogP contribution in [-0.2, 0) is 4.79 Å². The van der Waals surface area contributed by atoms with Crippen LogP contribution in [0.4, 0.5) is 0 Å². The molecular formula is C16H22N2OS. The Kier molecular flexibility index (Phi) is 3.63. The molecule has 0 spiro atoms. The molecule has 1 atom stereocenters. The van der Waals surface area contributed by atoms with Crippen LogP contribution in [0.15, 0.2) is 30.3 Å². The molecule has 1 saturated carbocycles. The van der Waals surface area contributed by atoms with Gasteiger partial charge >= 0.3 is 0 Å². The summed E-state index contributed by atoms with van der Waals surface area (Å²) in [6.45, 7) is 8.65. The minimum atomic E-state index is -0.557. The minimum absolute atomic E-state index is 0.0973. The van der Waals surface area contributed by atoms with E-state index in [0.29, 0.717) is 0 Å². The van der Waals surface area contributed by atoms with E-state index in [2.05, 4.69) is 33.0 Å². The summed E-state index contributed by atoms with van der Waals surface area (Å²) < 4.78 is 0. The molecule has 0 aliphatic heterocycles. The van der Waals surface area contributed by atoms with E-state index in [0.717, 1.165) is 5.56 Å². The summed E-state index contributed by atoms with van der Waals surface area (Å²) in [5.41, 5.74) is 6.81. The molecule has 0 aromatic heterocycles. The predicted octanol–water partition coefficient (Wildman–Crippen LogP) is 2.61. The van der Waals surface area contributed by atoms with E-state index < -0.39 is 5.92 Å². The molecule has 0 radical (unpaired) electrons. The average molecular weight is 290 g/mol. The highest BCUT2D eigenvalue weighted by molar-refractivity contribution is 7.80. The van der Waals surface area contributed by atoms with Gasteiger partial charge in [0.15, 0.2) is 0 Å². The maximum atomic E-state index is 12.5. The van der Waals surface area contributed by atoms with Crippen molar-refractivity contribution in [2.75, 3.05) is 0 Å². The Morgan fingerprint density at radius 3 is 2.10 bits per heavy atom. The number of nitrogens with two attached hydrogens (primary N) is 1. The summed E-state index contributed by atoms with van der Waals surface area (Å²) in [5, 5.41) is 3.11. The second-order valence-electron chi connectivity index (χ2n) is 6.63. The molecule has 1 aromatic carbocycles. The van der Waals surface area contributed by atoms with Crippen LogP contribution in [0.1, 0.15) is 39.2 Å². The Morgan fingerprint density at radius 2 is 1.70 bits per heavy atom. The molecule has 0 saturated heterocycles. The number of hydrogen-bond acceptors (Lipinski definition) is 2. The van der Waals surface area contributed by atoms with Gasteiger partial charge in [0.2, 0.25) is 5.91 Å². The first kappa shape index (κ1) is 15.0. The van der Waals surface area contributed by atoms with Gasteiger partial charge in [-0.1, -0.05) is 70.2 Å². The van der Waals surface area contributed by atoms with Gasteiger partial charge in [-0.2, -0.15) is 0 Å². The maximum Gasteiger partial charge on any atom is 0.234 e. The summed E-state index contributed by atoms with van der Waals surface area (Å²) >= 11 is 5.08. The van der Waals surface area contributed by atoms with Crippen LogP contribution in [-0.4, -0.2) is 16.9 Å². The number of benzene rings is 1. The topological polar surface area (TPSA) is 55.1 Å². The first-order valence-electron chi connectivity index (χ1n) is 6.84. The highest BCUT2D eigenvalue weighted by Crippen LogP contribution is 2.62. The van der Waals surface area contributed by atoms with Crippen LogP contribution in [0.5, 0.6) is 0 Å². The summed E-state index contributed by atoms with van der Waals surface area (Å²) in [5.74, 6) is -0.661. The largest absolute Gasteiger partial charge is 0.392 e. The molecule has 1 aliphatic carbocycles. The molecule has 3 N–H and O–H groups in total. The molecule has 108 valence electrons. The molecule has 4 heteroatoms. The molecule has 3 nitrogen and oxygen atoms in total. The smallest absolute Gasteiger partial charge is 0.234 e. The number of thiocarbonyl (C=S) groups is 1. The standard InChI is InChI=1S/C16H22N2OS/c1-15(2)14(16(15,3)4)18-13(19)11(12(17)20)10-8-6-5-7-9-10/h5-9,11,14H,1-4H3,(H2,17,20)(H,18,19). The first-order valence-corrected chi connectivity index (χ1v) is 7.25. The third-order valence-electron chi connectivity index (χ3n) is 4.99. The van der Waals surface area contributed by atoms with Crippen molar-refractivity contribution in [3.8, 4) is 0 Å². The summed E-state index contributed by atoms with van der Waals surface area (Å²) in [4.78, 5) is 12.7. The lowest BCUT2D eigenvalue weighted by Gasteiger charge is -2.17. The maximum absolute atomic E-state index is 12.5. The quantitative estimate of drug-likeness (QED) is 0.838. The molecule has 20 heavy (non-hydrogen) atoms. The van der Waals surface area contributed by atoms with Crippen molar-refractivity contribution < 1.29 is 4.79 Å². The Labute approximate surface area is 125 Å². The van der Waals surface area contributed by atoms with E-state index >= 15 is 0 Å². The van der Waals surface area contributed by atoms with Gasteiger partial charge in [0, 0.05) is 6.04 Å². The van der Waals surface area contributed by atoms with Gasteiger partial charge in [-0.05, 0) is 16.4 Å². The van der Waals surface area contributed by atoms with Crippen LogP contribution < -0.4 is 11.1 Å². The van der Waals surface area contributed by atoms with Gasteiger partial charge in [-0.15, -0.1) is 0 Å². The second-order valence-corrected chi connectivity index (χ2v) is 7.10. The molecule has 2 rings (SSSR count). The molecule has 1 amide bonds. The van der Waals surface area contributed by atoms with Crippen molar-refractivity contribution in [3.05, 3.63) is 35.9 Å². The third-order valence-corrected chi connectivity index (χ3v) is 5.22. The van der Waals surface area contributed by atoms with E-state index in [1.54, 1.807) is 0 Å². The lowest BCUT2D eigenvalue weighted by Crippen LogP contribution is -2.39. The lowest BCUT2D eigenvalue weighted by atomic mass is 9.98. The van der Waals surface area contributed by atoms with Gasteiger partial charge in [0.05, 0.1) is 4.99 Å². The number of hydrogen-bond donors (Lipinski definition) is 2. The number of carbonyl (C=O) groups excluding carboxylic acids is 1. The van der Waals surface area contributed by atoms with E-state index in [1.165, 1.54) is 0 Å². The molecule has 0 heterocycles. The first-order chi connectivity index (χ1) is 9.19. The zero-order chi connectivity index (χ0) is 15.1. The van der Waals surface area contributed by atoms with Gasteiger partial charge in [-0.3, -0.25) is 4.79 Å². The number of amides is 1. The minimum Gasteiger partial charge on any atom is -0.392 e. The zero-order valence-electron chi connectivity index (χ0n) is 12.4. The highest BCUT2D eigenvalue weighted by atomic mass is 32.1. The number of carbonyl (C=O) groups is 1. The fraction of sp³-hybridized carbons (Fsp3) is 0.500. The van der Waals surface area contributed by atoms with Crippen molar-refractivity contribution in [1.82, 2.24) is 5.32 Å². The Bertz CT molecular complexity index is 523. The zero-order valence-corrected chi connectivity index (χ0v) is 13.3. The van der Waals surface area contributed by atoms with E-state index in [4.69, 9.17) is 18.0 Å². The van der Waals surface area contributed by atoms with Crippen molar-refractivity contribution >= 4 is 23.1 Å².